The number of aryl methyl sites for hydroxylation is 2. The molecule has 30 heavy (non-hydrogen) atoms. The van der Waals surface area contributed by atoms with E-state index in [1.54, 1.807) is 4.90 Å². The van der Waals surface area contributed by atoms with Crippen LogP contribution in [-0.4, -0.2) is 72.8 Å². The van der Waals surface area contributed by atoms with Gasteiger partial charge in [0.05, 0.1) is 19.1 Å². The minimum atomic E-state index is -5.08. The summed E-state index contributed by atoms with van der Waals surface area (Å²) in [7, 11) is 0. The van der Waals surface area contributed by atoms with Crippen LogP contribution < -0.4 is 15.4 Å². The van der Waals surface area contributed by atoms with Gasteiger partial charge in [-0.25, -0.2) is 4.79 Å². The standard InChI is InChI=1S/C17H25N3O3.C2HF3O2/c1-12-5-4-6-13(2)17(12)23-11-14(3)19-15(21)10-20-8-7-18-9-16(20)22;3-2(4,5)1(6)7/h4-6,14,18H,7-11H2,1-3H3,(H,19,21);(H,6,7). The van der Waals surface area contributed by atoms with E-state index in [0.717, 1.165) is 23.4 Å². The smallest absolute Gasteiger partial charge is 0.490 e. The largest absolute Gasteiger partial charge is 0.491 e. The predicted octanol–water partition coefficient (Wildman–Crippen LogP) is 1.25. The molecule has 2 rings (SSSR count). The van der Waals surface area contributed by atoms with Crippen molar-refractivity contribution in [1.29, 1.82) is 0 Å². The minimum Gasteiger partial charge on any atom is -0.491 e. The van der Waals surface area contributed by atoms with Gasteiger partial charge in [0.25, 0.3) is 0 Å². The van der Waals surface area contributed by atoms with Crippen molar-refractivity contribution in [2.75, 3.05) is 32.8 Å². The Morgan fingerprint density at radius 3 is 2.37 bits per heavy atom. The first-order chi connectivity index (χ1) is 13.9. The fraction of sp³-hybridized carbons (Fsp3) is 0.526. The van der Waals surface area contributed by atoms with Gasteiger partial charge in [0.1, 0.15) is 12.4 Å². The number of para-hydroxylation sites is 1. The van der Waals surface area contributed by atoms with Crippen molar-refractivity contribution in [3.63, 3.8) is 0 Å². The van der Waals surface area contributed by atoms with E-state index in [1.807, 2.05) is 39.0 Å². The third-order valence-corrected chi connectivity index (χ3v) is 4.06. The minimum absolute atomic E-state index is 0.0363. The SMILES string of the molecule is Cc1cccc(C)c1OCC(C)NC(=O)CN1CCNCC1=O.O=C(O)C(F)(F)F. The maximum atomic E-state index is 12.0. The highest BCUT2D eigenvalue weighted by Crippen LogP contribution is 2.22. The van der Waals surface area contributed by atoms with E-state index in [9.17, 15) is 22.8 Å². The molecule has 11 heteroatoms. The number of alkyl halides is 3. The highest BCUT2D eigenvalue weighted by Gasteiger charge is 2.38. The molecular formula is C19H26F3N3O5. The topological polar surface area (TPSA) is 108 Å². The normalized spacial score (nSPS) is 15.0. The summed E-state index contributed by atoms with van der Waals surface area (Å²) in [5, 5.41) is 13.0. The average Bonchev–Trinajstić information content (AvgIpc) is 2.63. The summed E-state index contributed by atoms with van der Waals surface area (Å²) < 4.78 is 37.6. The number of carboxylic acids is 1. The number of rotatable bonds is 6. The Morgan fingerprint density at radius 2 is 1.87 bits per heavy atom. The summed E-state index contributed by atoms with van der Waals surface area (Å²) in [6, 6.07) is 5.87. The van der Waals surface area contributed by atoms with Gasteiger partial charge in [0.2, 0.25) is 11.8 Å². The molecule has 1 aliphatic rings. The van der Waals surface area contributed by atoms with Crippen LogP contribution in [0.25, 0.3) is 0 Å². The summed E-state index contributed by atoms with van der Waals surface area (Å²) in [5.74, 6) is -2.08. The molecule has 1 aromatic rings. The quantitative estimate of drug-likeness (QED) is 0.623. The molecule has 0 saturated carbocycles. The number of ether oxygens (including phenoxy) is 1. The Labute approximate surface area is 172 Å². The monoisotopic (exact) mass is 433 g/mol. The first-order valence-corrected chi connectivity index (χ1v) is 9.18. The number of hydrogen-bond acceptors (Lipinski definition) is 5. The molecule has 0 aromatic heterocycles. The van der Waals surface area contributed by atoms with Crippen LogP contribution in [-0.2, 0) is 14.4 Å². The molecule has 168 valence electrons. The molecule has 0 bridgehead atoms. The molecule has 0 aliphatic carbocycles. The van der Waals surface area contributed by atoms with Crippen molar-refractivity contribution in [2.24, 2.45) is 0 Å². The van der Waals surface area contributed by atoms with Crippen molar-refractivity contribution in [3.05, 3.63) is 29.3 Å². The molecule has 1 aromatic carbocycles. The molecule has 0 radical (unpaired) electrons. The van der Waals surface area contributed by atoms with Crippen LogP contribution in [0.2, 0.25) is 0 Å². The predicted molar refractivity (Wildman–Crippen MR) is 102 cm³/mol. The Kier molecular flexibility index (Phi) is 9.57. The van der Waals surface area contributed by atoms with Gasteiger partial charge in [-0.1, -0.05) is 18.2 Å². The lowest BCUT2D eigenvalue weighted by molar-refractivity contribution is -0.192. The molecular weight excluding hydrogens is 407 g/mol. The molecule has 8 nitrogen and oxygen atoms in total. The second-order valence-corrected chi connectivity index (χ2v) is 6.80. The summed E-state index contributed by atoms with van der Waals surface area (Å²) in [4.78, 5) is 34.2. The number of nitrogens with zero attached hydrogens (tertiary/aromatic N) is 1. The number of hydrogen-bond donors (Lipinski definition) is 3. The van der Waals surface area contributed by atoms with Crippen LogP contribution in [0.3, 0.4) is 0 Å². The van der Waals surface area contributed by atoms with E-state index in [-0.39, 0.29) is 24.4 Å². The number of amides is 2. The number of benzene rings is 1. The fourth-order valence-electron chi connectivity index (χ4n) is 2.58. The zero-order valence-electron chi connectivity index (χ0n) is 17.0. The van der Waals surface area contributed by atoms with Crippen molar-refractivity contribution in [3.8, 4) is 5.75 Å². The van der Waals surface area contributed by atoms with Gasteiger partial charge in [0.15, 0.2) is 0 Å². The Hall–Kier alpha value is -2.82. The maximum Gasteiger partial charge on any atom is 0.490 e. The second kappa shape index (κ2) is 11.4. The molecule has 0 spiro atoms. The average molecular weight is 433 g/mol. The number of carboxylic acid groups (broad SMARTS) is 1. The lowest BCUT2D eigenvalue weighted by Gasteiger charge is -2.27. The van der Waals surface area contributed by atoms with Crippen molar-refractivity contribution >= 4 is 17.8 Å². The fourth-order valence-corrected chi connectivity index (χ4v) is 2.58. The van der Waals surface area contributed by atoms with E-state index >= 15 is 0 Å². The molecule has 2 amide bonds. The van der Waals surface area contributed by atoms with Crippen LogP contribution >= 0.6 is 0 Å². The van der Waals surface area contributed by atoms with E-state index in [0.29, 0.717) is 19.7 Å². The number of nitrogens with one attached hydrogen (secondary N) is 2. The third-order valence-electron chi connectivity index (χ3n) is 4.06. The van der Waals surface area contributed by atoms with E-state index < -0.39 is 12.1 Å². The number of carbonyl (C=O) groups excluding carboxylic acids is 2. The second-order valence-electron chi connectivity index (χ2n) is 6.80. The summed E-state index contributed by atoms with van der Waals surface area (Å²) in [6.45, 7) is 8.00. The first-order valence-electron chi connectivity index (χ1n) is 9.18. The van der Waals surface area contributed by atoms with Crippen LogP contribution in [0.1, 0.15) is 18.1 Å². The van der Waals surface area contributed by atoms with Crippen molar-refractivity contribution in [2.45, 2.75) is 33.0 Å². The van der Waals surface area contributed by atoms with E-state index in [2.05, 4.69) is 10.6 Å². The molecule has 1 heterocycles. The van der Waals surface area contributed by atoms with Crippen LogP contribution in [0.15, 0.2) is 18.2 Å². The summed E-state index contributed by atoms with van der Waals surface area (Å²) in [5.41, 5.74) is 2.16. The summed E-state index contributed by atoms with van der Waals surface area (Å²) in [6.07, 6.45) is -5.08. The maximum absolute atomic E-state index is 12.0. The third kappa shape index (κ3) is 8.68. The van der Waals surface area contributed by atoms with Gasteiger partial charge in [0, 0.05) is 13.1 Å². The van der Waals surface area contributed by atoms with Gasteiger partial charge in [-0.15, -0.1) is 0 Å². The Bertz CT molecular complexity index is 735. The Balaban J connectivity index is 0.000000553. The van der Waals surface area contributed by atoms with Gasteiger partial charge in [-0.3, -0.25) is 9.59 Å². The highest BCUT2D eigenvalue weighted by atomic mass is 19.4. The van der Waals surface area contributed by atoms with Crippen molar-refractivity contribution in [1.82, 2.24) is 15.5 Å². The van der Waals surface area contributed by atoms with Crippen LogP contribution in [0.4, 0.5) is 13.2 Å². The molecule has 3 N–H and O–H groups in total. The molecule has 1 aliphatic heterocycles. The number of piperazine rings is 1. The number of halogens is 3. The molecule has 1 saturated heterocycles. The van der Waals surface area contributed by atoms with Gasteiger partial charge in [-0.05, 0) is 31.9 Å². The zero-order chi connectivity index (χ0) is 22.9. The van der Waals surface area contributed by atoms with Crippen LogP contribution in [0, 0.1) is 13.8 Å². The highest BCUT2D eigenvalue weighted by molar-refractivity contribution is 5.86. The van der Waals surface area contributed by atoms with E-state index in [4.69, 9.17) is 14.6 Å². The Morgan fingerprint density at radius 1 is 1.30 bits per heavy atom. The van der Waals surface area contributed by atoms with Crippen molar-refractivity contribution < 1.29 is 37.4 Å². The van der Waals surface area contributed by atoms with Crippen LogP contribution in [0.5, 0.6) is 5.75 Å². The number of aliphatic carboxylic acids is 1. The lowest BCUT2D eigenvalue weighted by atomic mass is 10.1. The first kappa shape index (κ1) is 25.2. The van der Waals surface area contributed by atoms with Gasteiger partial charge >= 0.3 is 12.1 Å². The molecule has 1 fully saturated rings. The molecule has 1 unspecified atom stereocenters. The van der Waals surface area contributed by atoms with E-state index in [1.165, 1.54) is 0 Å². The summed E-state index contributed by atoms with van der Waals surface area (Å²) >= 11 is 0. The van der Waals surface area contributed by atoms with Gasteiger partial charge in [-0.2, -0.15) is 13.2 Å². The van der Waals surface area contributed by atoms with Gasteiger partial charge < -0.3 is 25.4 Å². The number of carbonyl (C=O) groups is 3. The lowest BCUT2D eigenvalue weighted by Crippen LogP contribution is -2.52. The zero-order valence-corrected chi connectivity index (χ0v) is 17.0. The molecule has 1 atom stereocenters.